The van der Waals surface area contributed by atoms with E-state index in [1.54, 1.807) is 168 Å². The van der Waals surface area contributed by atoms with Gasteiger partial charge in [-0.05, 0) is 320 Å². The quantitative estimate of drug-likeness (QED) is 0.133. The molecule has 0 fully saturated rings. The van der Waals surface area contributed by atoms with Gasteiger partial charge in [0.15, 0.2) is 0 Å². The zero-order chi connectivity index (χ0) is 51.7. The van der Waals surface area contributed by atoms with Crippen LogP contribution < -0.4 is 0 Å². The van der Waals surface area contributed by atoms with Gasteiger partial charge in [-0.2, -0.15) is 0 Å². The maximum Gasteiger partial charge on any atom is 0.0265 e. The van der Waals surface area contributed by atoms with Crippen molar-refractivity contribution in [3.05, 3.63) is 138 Å². The van der Waals surface area contributed by atoms with Crippen LogP contribution in [0.5, 0.6) is 0 Å². The zero-order valence-electron chi connectivity index (χ0n) is 44.8. The Kier molecular flexibility index (Phi) is 4.30. The maximum atomic E-state index is 2.68. The van der Waals surface area contributed by atoms with Crippen LogP contribution in [0.15, 0.2) is 115 Å². The Hall–Kier alpha value is -9.88. The van der Waals surface area contributed by atoms with E-state index in [0.29, 0.717) is 11.8 Å². The smallest absolute Gasteiger partial charge is 0.0265 e. The Labute approximate surface area is 464 Å². The molecular formula is C83H32. The molecule has 28 aromatic rings. The minimum atomic E-state index is 0.0458. The highest BCUT2D eigenvalue weighted by Gasteiger charge is 2.59. The molecule has 3 unspecified atom stereocenters. The molecule has 0 heterocycles. The van der Waals surface area contributed by atoms with Crippen molar-refractivity contribution in [2.45, 2.75) is 44.4 Å². The van der Waals surface area contributed by atoms with Crippen molar-refractivity contribution < 1.29 is 0 Å². The third-order valence-corrected chi connectivity index (χ3v) is 26.4. The van der Waals surface area contributed by atoms with Crippen molar-refractivity contribution >= 4 is 286 Å². The SMILES string of the molecule is CC.CC12C3=CCC4c5ccc6c7ccc8c9ccc%10c%11ccc3c3c1c1c%12c(c5c6c5c7c8c6c9c%10c(c3%11)c1c6c%125)C42.c1cc2c3ccc4c5ccc6c7ccc8c9ccc%10c1c1c2c2c3c4c3c5c6c4c7c8c5c9c%10c1c1c2c3c4c51. The number of benzene rings is 18. The first-order valence-corrected chi connectivity index (χ1v) is 31.0. The van der Waals surface area contributed by atoms with Crippen molar-refractivity contribution in [2.75, 3.05) is 0 Å². The first-order valence-electron chi connectivity index (χ1n) is 31.0. The van der Waals surface area contributed by atoms with E-state index in [1.807, 2.05) is 13.8 Å². The summed E-state index contributed by atoms with van der Waals surface area (Å²) >= 11 is 0. The first kappa shape index (κ1) is 36.5. The van der Waals surface area contributed by atoms with Crippen LogP contribution in [-0.2, 0) is 5.41 Å². The number of hydrogen-bond acceptors (Lipinski definition) is 0. The lowest BCUT2D eigenvalue weighted by Crippen LogP contribution is -2.35. The van der Waals surface area contributed by atoms with Gasteiger partial charge in [-0.25, -0.2) is 0 Å². The van der Waals surface area contributed by atoms with Gasteiger partial charge in [-0.15, -0.1) is 0 Å². The molecule has 0 spiro atoms. The summed E-state index contributed by atoms with van der Waals surface area (Å²) in [7, 11) is 0. The molecule has 3 atom stereocenters. The van der Waals surface area contributed by atoms with Gasteiger partial charge in [0.25, 0.3) is 0 Å². The summed E-state index contributed by atoms with van der Waals surface area (Å²) in [4.78, 5) is 0. The molecule has 0 bridgehead atoms. The largest absolute Gasteiger partial charge is 0.0791 e. The van der Waals surface area contributed by atoms with Crippen LogP contribution in [0.4, 0.5) is 0 Å². The predicted octanol–water partition coefficient (Wildman–Crippen LogP) is 23.8. The number of allylic oxidation sites excluding steroid dienone is 2. The highest BCUT2D eigenvalue weighted by Crippen LogP contribution is 2.77. The highest BCUT2D eigenvalue weighted by molar-refractivity contribution is 6.71. The van der Waals surface area contributed by atoms with Gasteiger partial charge in [0.05, 0.1) is 0 Å². The van der Waals surface area contributed by atoms with Crippen molar-refractivity contribution in [1.82, 2.24) is 0 Å². The third kappa shape index (κ3) is 2.65. The van der Waals surface area contributed by atoms with Crippen molar-refractivity contribution in [3.63, 3.8) is 0 Å². The molecule has 0 saturated heterocycles. The molecule has 4 aliphatic rings. The minimum Gasteiger partial charge on any atom is -0.0791 e. The van der Waals surface area contributed by atoms with E-state index < -0.39 is 0 Å². The normalized spacial score (nSPS) is 19.8. The van der Waals surface area contributed by atoms with E-state index >= 15 is 0 Å². The van der Waals surface area contributed by atoms with Gasteiger partial charge >= 0.3 is 0 Å². The Balaban J connectivity index is 0.0000000948. The molecule has 0 heteroatoms. The first-order chi connectivity index (χ1) is 41.2. The molecule has 83 heavy (non-hydrogen) atoms. The highest BCUT2D eigenvalue weighted by atomic mass is 14.6. The molecule has 364 valence electrons. The summed E-state index contributed by atoms with van der Waals surface area (Å²) < 4.78 is 0. The van der Waals surface area contributed by atoms with Crippen LogP contribution in [0.25, 0.3) is 286 Å². The Morgan fingerprint density at radius 2 is 0.494 bits per heavy atom. The summed E-state index contributed by atoms with van der Waals surface area (Å²) in [5, 5.41) is 80.0. The zero-order valence-corrected chi connectivity index (χ0v) is 44.8. The monoisotopic (exact) mass is 1030 g/mol. The van der Waals surface area contributed by atoms with E-state index in [-0.39, 0.29) is 5.41 Å². The molecule has 0 aromatic heterocycles. The summed E-state index contributed by atoms with van der Waals surface area (Å²) in [6, 6.07) is 44.5. The lowest BCUT2D eigenvalue weighted by molar-refractivity contribution is 0.409. The molecule has 4 aliphatic carbocycles. The van der Waals surface area contributed by atoms with Crippen LogP contribution in [0, 0.1) is 0 Å². The molecular weight excluding hydrogens is 997 g/mol. The lowest BCUT2D eigenvalue weighted by atomic mass is 9.57. The summed E-state index contributed by atoms with van der Waals surface area (Å²) in [6.45, 7) is 6.66. The Morgan fingerprint density at radius 1 is 0.253 bits per heavy atom. The fourth-order valence-electron chi connectivity index (χ4n) is 24.8. The minimum absolute atomic E-state index is 0.0458. The topological polar surface area (TPSA) is 0 Å². The van der Waals surface area contributed by atoms with E-state index in [0.717, 1.165) is 0 Å². The van der Waals surface area contributed by atoms with Crippen molar-refractivity contribution in [3.8, 4) is 0 Å². The molecule has 28 aromatic carbocycles. The Morgan fingerprint density at radius 3 is 0.819 bits per heavy atom. The molecule has 0 saturated carbocycles. The molecule has 0 aliphatic heterocycles. The van der Waals surface area contributed by atoms with Crippen LogP contribution in [0.3, 0.4) is 0 Å². The average molecular weight is 1030 g/mol. The van der Waals surface area contributed by atoms with E-state index in [9.17, 15) is 0 Å². The average Bonchev–Trinajstić information content (AvgIpc) is 1.46. The predicted molar refractivity (Wildman–Crippen MR) is 360 cm³/mol. The van der Waals surface area contributed by atoms with Gasteiger partial charge in [-0.1, -0.05) is 136 Å². The maximum absolute atomic E-state index is 2.68. The molecule has 0 radical (unpaired) electrons. The van der Waals surface area contributed by atoms with Crippen molar-refractivity contribution in [1.29, 1.82) is 0 Å². The molecule has 0 amide bonds. The molecule has 0 N–H and O–H groups in total. The summed E-state index contributed by atoms with van der Waals surface area (Å²) in [5.41, 5.74) is 8.30. The van der Waals surface area contributed by atoms with Crippen LogP contribution in [0.1, 0.15) is 61.3 Å². The second-order valence-electron chi connectivity index (χ2n) is 27.9. The van der Waals surface area contributed by atoms with E-state index in [4.69, 9.17) is 0 Å². The fraction of sp³-hybridized carbons (Fsp3) is 0.0843. The Bertz CT molecular complexity index is 7150. The second-order valence-corrected chi connectivity index (χ2v) is 27.9. The number of hydrogen-bond donors (Lipinski definition) is 0. The van der Waals surface area contributed by atoms with E-state index in [2.05, 4.69) is 122 Å². The van der Waals surface area contributed by atoms with Crippen LogP contribution in [-0.4, -0.2) is 0 Å². The van der Waals surface area contributed by atoms with Gasteiger partial charge in [0.1, 0.15) is 0 Å². The fourth-order valence-corrected chi connectivity index (χ4v) is 24.8. The number of fused-ring (bicyclic) bond motifs is 10. The summed E-state index contributed by atoms with van der Waals surface area (Å²) in [6.07, 6.45) is 3.85. The van der Waals surface area contributed by atoms with Gasteiger partial charge in [0.2, 0.25) is 0 Å². The summed E-state index contributed by atoms with van der Waals surface area (Å²) in [5.74, 6) is 1.12. The second kappa shape index (κ2) is 9.78. The van der Waals surface area contributed by atoms with Crippen molar-refractivity contribution in [2.24, 2.45) is 0 Å². The van der Waals surface area contributed by atoms with Crippen LogP contribution in [0.2, 0.25) is 0 Å². The number of rotatable bonds is 0. The van der Waals surface area contributed by atoms with E-state index in [1.165, 1.54) is 146 Å². The van der Waals surface area contributed by atoms with Gasteiger partial charge in [-0.3, -0.25) is 0 Å². The third-order valence-electron chi connectivity index (χ3n) is 26.4. The standard InChI is InChI=1S/C41H16.C40H10.C2H6/c1-41-21-11-10-19-18-7-6-15-14-3-2-12-13-4-5-16-17-8-9-20(21)29-28(17)32-25(16)24(13)30-22(12)23(14)31-26(15)27(18)37(39(19)41)36-34(31)33(30)35(32)38(36)40(29)41;1-2-12-14-5-6-16-18-9-10-20-19-8-7-17-15-4-3-13-11(1)21-22(12)32-24(14)26(16)34-29(18)30(20)35-28(19)27(17)33-25(15)23(13)31(21)36-37(32)39(34)40(35)38(33)36;1-2/h2-9,11,19,39H,10H2,1H3;1-10H;1-2H3. The van der Waals surface area contributed by atoms with Crippen LogP contribution >= 0.6 is 0 Å². The van der Waals surface area contributed by atoms with Gasteiger partial charge < -0.3 is 0 Å². The lowest BCUT2D eigenvalue weighted by Gasteiger charge is -2.45. The molecule has 0 nitrogen and oxygen atoms in total. The van der Waals surface area contributed by atoms with Gasteiger partial charge in [0, 0.05) is 11.3 Å². The molecule has 32 rings (SSSR count).